The molecular formula is C16H21N3O3. The van der Waals surface area contributed by atoms with Crippen molar-refractivity contribution in [3.63, 3.8) is 0 Å². The molecule has 2 N–H and O–H groups in total. The van der Waals surface area contributed by atoms with Crippen molar-refractivity contribution in [1.29, 1.82) is 0 Å². The second-order valence-electron chi connectivity index (χ2n) is 5.67. The van der Waals surface area contributed by atoms with Crippen molar-refractivity contribution in [2.45, 2.75) is 25.3 Å². The first-order valence-electron chi connectivity index (χ1n) is 7.69. The van der Waals surface area contributed by atoms with Crippen LogP contribution in [0.2, 0.25) is 0 Å². The molecule has 0 aromatic heterocycles. The van der Waals surface area contributed by atoms with Gasteiger partial charge in [0.1, 0.15) is 6.04 Å². The molecule has 0 saturated carbocycles. The summed E-state index contributed by atoms with van der Waals surface area (Å²) in [7, 11) is 1.59. The maximum absolute atomic E-state index is 12.2. The molecule has 3 rings (SSSR count). The number of methoxy groups -OCH3 is 1. The number of ether oxygens (including phenoxy) is 1. The van der Waals surface area contributed by atoms with Gasteiger partial charge in [-0.3, -0.25) is 9.59 Å². The van der Waals surface area contributed by atoms with Crippen LogP contribution in [0.4, 0.5) is 11.4 Å². The molecule has 6 heteroatoms. The van der Waals surface area contributed by atoms with Gasteiger partial charge in [0.05, 0.1) is 18.0 Å². The first-order valence-corrected chi connectivity index (χ1v) is 7.69. The molecule has 2 amide bonds. The number of carbonyl (C=O) groups excluding carboxylic acids is 2. The maximum atomic E-state index is 12.2. The van der Waals surface area contributed by atoms with Crippen molar-refractivity contribution in [2.75, 3.05) is 37.0 Å². The van der Waals surface area contributed by atoms with Gasteiger partial charge in [-0.2, -0.15) is 0 Å². The number of benzene rings is 1. The van der Waals surface area contributed by atoms with Gasteiger partial charge in [-0.1, -0.05) is 0 Å². The second kappa shape index (κ2) is 6.36. The van der Waals surface area contributed by atoms with Crippen molar-refractivity contribution in [3.8, 4) is 0 Å². The maximum Gasteiger partial charge on any atom is 0.251 e. The lowest BCUT2D eigenvalue weighted by Gasteiger charge is -2.41. The standard InChI is InChI=1S/C16H21N3O3/c1-22-9-7-17-15(20)11-5-6-13-12(10-11)18-16(21)14-4-2-3-8-19(13)14/h5-6,10,14H,2-4,7-9H2,1H3,(H,17,20)(H,18,21). The molecule has 1 unspecified atom stereocenters. The summed E-state index contributed by atoms with van der Waals surface area (Å²) in [6.45, 7) is 1.83. The molecule has 2 aliphatic rings. The average molecular weight is 303 g/mol. The summed E-state index contributed by atoms with van der Waals surface area (Å²) in [6.07, 6.45) is 3.08. The molecule has 0 aliphatic carbocycles. The number of hydrogen-bond donors (Lipinski definition) is 2. The fourth-order valence-electron chi connectivity index (χ4n) is 3.11. The molecule has 118 valence electrons. The Hall–Kier alpha value is -2.08. The van der Waals surface area contributed by atoms with Crippen molar-refractivity contribution in [1.82, 2.24) is 5.32 Å². The predicted octanol–water partition coefficient (Wildman–Crippen LogP) is 1.37. The normalized spacial score (nSPS) is 20.0. The number of anilines is 2. The molecule has 1 atom stereocenters. The highest BCUT2D eigenvalue weighted by molar-refractivity contribution is 6.05. The largest absolute Gasteiger partial charge is 0.383 e. The minimum Gasteiger partial charge on any atom is -0.383 e. The van der Waals surface area contributed by atoms with E-state index in [1.807, 2.05) is 12.1 Å². The number of rotatable bonds is 4. The third kappa shape index (κ3) is 2.78. The lowest BCUT2D eigenvalue weighted by Crippen LogP contribution is -2.50. The summed E-state index contributed by atoms with van der Waals surface area (Å²) in [6, 6.07) is 5.42. The van der Waals surface area contributed by atoms with E-state index in [1.165, 1.54) is 0 Å². The van der Waals surface area contributed by atoms with Gasteiger partial charge < -0.3 is 20.3 Å². The van der Waals surface area contributed by atoms with Crippen LogP contribution in [0, 0.1) is 0 Å². The Morgan fingerprint density at radius 3 is 3.14 bits per heavy atom. The van der Waals surface area contributed by atoms with Crippen LogP contribution in [-0.2, 0) is 9.53 Å². The summed E-state index contributed by atoms with van der Waals surface area (Å²) in [5.74, 6) is -0.126. The van der Waals surface area contributed by atoms with Gasteiger partial charge in [0.25, 0.3) is 5.91 Å². The van der Waals surface area contributed by atoms with Crippen LogP contribution >= 0.6 is 0 Å². The van der Waals surface area contributed by atoms with Crippen LogP contribution in [0.3, 0.4) is 0 Å². The monoisotopic (exact) mass is 303 g/mol. The summed E-state index contributed by atoms with van der Waals surface area (Å²) >= 11 is 0. The Kier molecular flexibility index (Phi) is 4.29. The van der Waals surface area contributed by atoms with Crippen LogP contribution in [0.5, 0.6) is 0 Å². The zero-order valence-corrected chi connectivity index (χ0v) is 12.7. The van der Waals surface area contributed by atoms with Crippen molar-refractivity contribution < 1.29 is 14.3 Å². The van der Waals surface area contributed by atoms with E-state index in [0.717, 1.165) is 37.2 Å². The number of fused-ring (bicyclic) bond motifs is 3. The van der Waals surface area contributed by atoms with E-state index in [9.17, 15) is 9.59 Å². The molecule has 2 heterocycles. The lowest BCUT2D eigenvalue weighted by molar-refractivity contribution is -0.118. The average Bonchev–Trinajstić information content (AvgIpc) is 2.55. The minimum atomic E-state index is -0.158. The first-order chi connectivity index (χ1) is 10.7. The molecule has 1 saturated heterocycles. The Morgan fingerprint density at radius 1 is 1.45 bits per heavy atom. The first kappa shape index (κ1) is 14.8. The van der Waals surface area contributed by atoms with Gasteiger partial charge in [-0.15, -0.1) is 0 Å². The summed E-state index contributed by atoms with van der Waals surface area (Å²) < 4.78 is 4.91. The Labute approximate surface area is 129 Å². The van der Waals surface area contributed by atoms with Crippen LogP contribution in [0.15, 0.2) is 18.2 Å². The van der Waals surface area contributed by atoms with Crippen LogP contribution in [-0.4, -0.2) is 44.7 Å². The molecule has 0 radical (unpaired) electrons. The highest BCUT2D eigenvalue weighted by atomic mass is 16.5. The van der Waals surface area contributed by atoms with Crippen LogP contribution in [0.1, 0.15) is 29.6 Å². The number of carbonyl (C=O) groups is 2. The molecular weight excluding hydrogens is 282 g/mol. The summed E-state index contributed by atoms with van der Waals surface area (Å²) in [5.41, 5.74) is 2.28. The minimum absolute atomic E-state index is 0.0316. The van der Waals surface area contributed by atoms with Crippen molar-refractivity contribution >= 4 is 23.2 Å². The van der Waals surface area contributed by atoms with E-state index in [0.29, 0.717) is 18.7 Å². The topological polar surface area (TPSA) is 70.7 Å². The van der Waals surface area contributed by atoms with Gasteiger partial charge >= 0.3 is 0 Å². The predicted molar refractivity (Wildman–Crippen MR) is 84.3 cm³/mol. The molecule has 2 aliphatic heterocycles. The van der Waals surface area contributed by atoms with Gasteiger partial charge in [-0.25, -0.2) is 0 Å². The third-order valence-electron chi connectivity index (χ3n) is 4.22. The van der Waals surface area contributed by atoms with E-state index >= 15 is 0 Å². The van der Waals surface area contributed by atoms with E-state index in [2.05, 4.69) is 15.5 Å². The molecule has 1 aromatic rings. The fourth-order valence-corrected chi connectivity index (χ4v) is 3.11. The lowest BCUT2D eigenvalue weighted by atomic mass is 9.97. The van der Waals surface area contributed by atoms with E-state index in [1.54, 1.807) is 13.2 Å². The molecule has 0 bridgehead atoms. The molecule has 1 aromatic carbocycles. The van der Waals surface area contributed by atoms with Gasteiger partial charge in [0.2, 0.25) is 5.91 Å². The highest BCUT2D eigenvalue weighted by Gasteiger charge is 2.34. The number of hydrogen-bond acceptors (Lipinski definition) is 4. The molecule has 6 nitrogen and oxygen atoms in total. The highest BCUT2D eigenvalue weighted by Crippen LogP contribution is 2.36. The zero-order chi connectivity index (χ0) is 15.5. The van der Waals surface area contributed by atoms with Gasteiger partial charge in [0.15, 0.2) is 0 Å². The Bertz CT molecular complexity index is 588. The van der Waals surface area contributed by atoms with E-state index in [-0.39, 0.29) is 17.9 Å². The second-order valence-corrected chi connectivity index (χ2v) is 5.67. The molecule has 22 heavy (non-hydrogen) atoms. The molecule has 0 spiro atoms. The van der Waals surface area contributed by atoms with Gasteiger partial charge in [-0.05, 0) is 37.5 Å². The van der Waals surface area contributed by atoms with Crippen LogP contribution < -0.4 is 15.5 Å². The van der Waals surface area contributed by atoms with Crippen LogP contribution in [0.25, 0.3) is 0 Å². The fraction of sp³-hybridized carbons (Fsp3) is 0.500. The van der Waals surface area contributed by atoms with Gasteiger partial charge in [0, 0.05) is 25.8 Å². The van der Waals surface area contributed by atoms with Crippen molar-refractivity contribution in [2.24, 2.45) is 0 Å². The number of piperidine rings is 1. The smallest absolute Gasteiger partial charge is 0.251 e. The quantitative estimate of drug-likeness (QED) is 0.824. The zero-order valence-electron chi connectivity index (χ0n) is 12.7. The summed E-state index contributed by atoms with van der Waals surface area (Å²) in [5, 5.41) is 5.72. The Morgan fingerprint density at radius 2 is 2.32 bits per heavy atom. The Balaban J connectivity index is 1.80. The third-order valence-corrected chi connectivity index (χ3v) is 4.22. The summed E-state index contributed by atoms with van der Waals surface area (Å²) in [4.78, 5) is 26.4. The molecule has 1 fully saturated rings. The van der Waals surface area contributed by atoms with E-state index in [4.69, 9.17) is 4.74 Å². The van der Waals surface area contributed by atoms with Crippen molar-refractivity contribution in [3.05, 3.63) is 23.8 Å². The van der Waals surface area contributed by atoms with E-state index < -0.39 is 0 Å². The SMILES string of the molecule is COCCNC(=O)c1ccc2c(c1)NC(=O)C1CCCCN21. The number of amides is 2. The number of nitrogens with zero attached hydrogens (tertiary/aromatic N) is 1. The number of nitrogens with one attached hydrogen (secondary N) is 2.